The number of benzene rings is 2. The van der Waals surface area contributed by atoms with E-state index in [1.165, 1.54) is 16.5 Å². The molecule has 0 aliphatic rings. The SMILES string of the molecule is CCc1ccccc1CNc1cccc2cccnc12. The molecule has 1 heterocycles. The van der Waals surface area contributed by atoms with Crippen LogP contribution < -0.4 is 5.32 Å². The van der Waals surface area contributed by atoms with Crippen molar-refractivity contribution >= 4 is 16.6 Å². The molecule has 3 aromatic rings. The van der Waals surface area contributed by atoms with Crippen LogP contribution in [0.2, 0.25) is 0 Å². The van der Waals surface area contributed by atoms with Crippen molar-refractivity contribution in [2.75, 3.05) is 5.32 Å². The predicted octanol–water partition coefficient (Wildman–Crippen LogP) is 4.41. The monoisotopic (exact) mass is 262 g/mol. The maximum atomic E-state index is 4.47. The number of para-hydroxylation sites is 1. The first-order chi connectivity index (χ1) is 9.88. The molecule has 2 heteroatoms. The highest BCUT2D eigenvalue weighted by molar-refractivity contribution is 5.90. The van der Waals surface area contributed by atoms with Gasteiger partial charge in [0, 0.05) is 18.1 Å². The van der Waals surface area contributed by atoms with E-state index in [4.69, 9.17) is 0 Å². The van der Waals surface area contributed by atoms with E-state index in [0.29, 0.717) is 0 Å². The van der Waals surface area contributed by atoms with Crippen molar-refractivity contribution in [3.8, 4) is 0 Å². The largest absolute Gasteiger partial charge is 0.379 e. The van der Waals surface area contributed by atoms with E-state index >= 15 is 0 Å². The first-order valence-electron chi connectivity index (χ1n) is 7.03. The Morgan fingerprint density at radius 1 is 0.900 bits per heavy atom. The molecular formula is C18H18N2. The number of aryl methyl sites for hydroxylation is 1. The summed E-state index contributed by atoms with van der Waals surface area (Å²) in [5.74, 6) is 0. The molecule has 0 aliphatic carbocycles. The van der Waals surface area contributed by atoms with Gasteiger partial charge in [-0.2, -0.15) is 0 Å². The van der Waals surface area contributed by atoms with Gasteiger partial charge in [-0.25, -0.2) is 0 Å². The lowest BCUT2D eigenvalue weighted by molar-refractivity contribution is 1.04. The van der Waals surface area contributed by atoms with Crippen LogP contribution in [0, 0.1) is 0 Å². The molecule has 100 valence electrons. The second-order valence-corrected chi connectivity index (χ2v) is 4.86. The van der Waals surface area contributed by atoms with Crippen molar-refractivity contribution in [2.45, 2.75) is 19.9 Å². The van der Waals surface area contributed by atoms with E-state index in [-0.39, 0.29) is 0 Å². The van der Waals surface area contributed by atoms with Gasteiger partial charge in [-0.15, -0.1) is 0 Å². The summed E-state index contributed by atoms with van der Waals surface area (Å²) in [6.45, 7) is 3.03. The lowest BCUT2D eigenvalue weighted by atomic mass is 10.1. The number of hydrogen-bond donors (Lipinski definition) is 1. The predicted molar refractivity (Wildman–Crippen MR) is 84.9 cm³/mol. The molecule has 1 aromatic heterocycles. The molecule has 2 nitrogen and oxygen atoms in total. The standard InChI is InChI=1S/C18H18N2/c1-2-14-7-3-4-8-16(14)13-20-17-11-5-9-15-10-6-12-19-18(15)17/h3-12,20H,2,13H2,1H3. The Morgan fingerprint density at radius 2 is 1.70 bits per heavy atom. The number of fused-ring (bicyclic) bond motifs is 1. The number of aromatic nitrogens is 1. The molecule has 0 fully saturated rings. The van der Waals surface area contributed by atoms with Crippen molar-refractivity contribution in [3.63, 3.8) is 0 Å². The third-order valence-electron chi connectivity index (χ3n) is 3.60. The first-order valence-corrected chi connectivity index (χ1v) is 7.03. The third-order valence-corrected chi connectivity index (χ3v) is 3.60. The number of nitrogens with zero attached hydrogens (tertiary/aromatic N) is 1. The maximum Gasteiger partial charge on any atom is 0.0933 e. The van der Waals surface area contributed by atoms with E-state index in [2.05, 4.69) is 65.8 Å². The van der Waals surface area contributed by atoms with Crippen LogP contribution in [0.15, 0.2) is 60.8 Å². The van der Waals surface area contributed by atoms with Gasteiger partial charge in [-0.1, -0.05) is 49.4 Å². The van der Waals surface area contributed by atoms with Gasteiger partial charge >= 0.3 is 0 Å². The fourth-order valence-electron chi connectivity index (χ4n) is 2.51. The highest BCUT2D eigenvalue weighted by atomic mass is 14.9. The summed E-state index contributed by atoms with van der Waals surface area (Å²) >= 11 is 0. The Kier molecular flexibility index (Phi) is 3.64. The molecule has 0 spiro atoms. The number of nitrogens with one attached hydrogen (secondary N) is 1. The Morgan fingerprint density at radius 3 is 2.55 bits per heavy atom. The van der Waals surface area contributed by atoms with Crippen LogP contribution >= 0.6 is 0 Å². The fourth-order valence-corrected chi connectivity index (χ4v) is 2.51. The Balaban J connectivity index is 1.87. The zero-order valence-electron chi connectivity index (χ0n) is 11.6. The number of rotatable bonds is 4. The summed E-state index contributed by atoms with van der Waals surface area (Å²) in [6, 6.07) is 18.9. The second-order valence-electron chi connectivity index (χ2n) is 4.86. The quantitative estimate of drug-likeness (QED) is 0.753. The van der Waals surface area contributed by atoms with Gasteiger partial charge in [0.15, 0.2) is 0 Å². The maximum absolute atomic E-state index is 4.47. The molecule has 0 unspecified atom stereocenters. The van der Waals surface area contributed by atoms with Gasteiger partial charge in [0.05, 0.1) is 11.2 Å². The van der Waals surface area contributed by atoms with Crippen LogP contribution in [0.25, 0.3) is 10.9 Å². The summed E-state index contributed by atoms with van der Waals surface area (Å²) in [5.41, 5.74) is 4.87. The van der Waals surface area contributed by atoms with Crippen LogP contribution in [0.4, 0.5) is 5.69 Å². The molecular weight excluding hydrogens is 244 g/mol. The summed E-state index contributed by atoms with van der Waals surface area (Å²) in [5, 5.41) is 4.68. The fraction of sp³-hybridized carbons (Fsp3) is 0.167. The average molecular weight is 262 g/mol. The Hall–Kier alpha value is -2.35. The van der Waals surface area contributed by atoms with Gasteiger partial charge in [0.1, 0.15) is 0 Å². The van der Waals surface area contributed by atoms with Crippen LogP contribution in [0.5, 0.6) is 0 Å². The lowest BCUT2D eigenvalue weighted by Gasteiger charge is -2.11. The summed E-state index contributed by atoms with van der Waals surface area (Å²) in [6.07, 6.45) is 2.90. The van der Waals surface area contributed by atoms with Gasteiger partial charge in [0.25, 0.3) is 0 Å². The Bertz CT molecular complexity index is 714. The normalized spacial score (nSPS) is 10.7. The van der Waals surface area contributed by atoms with Crippen LogP contribution in [0.1, 0.15) is 18.1 Å². The molecule has 20 heavy (non-hydrogen) atoms. The molecule has 2 aromatic carbocycles. The van der Waals surface area contributed by atoms with Crippen molar-refractivity contribution in [1.82, 2.24) is 4.98 Å². The summed E-state index contributed by atoms with van der Waals surface area (Å²) in [4.78, 5) is 4.47. The van der Waals surface area contributed by atoms with E-state index in [0.717, 1.165) is 24.2 Å². The molecule has 0 aliphatic heterocycles. The smallest absolute Gasteiger partial charge is 0.0933 e. The first kappa shape index (κ1) is 12.7. The summed E-state index contributed by atoms with van der Waals surface area (Å²) < 4.78 is 0. The van der Waals surface area contributed by atoms with Gasteiger partial charge < -0.3 is 5.32 Å². The minimum atomic E-state index is 0.833. The van der Waals surface area contributed by atoms with Gasteiger partial charge in [-0.3, -0.25) is 4.98 Å². The second kappa shape index (κ2) is 5.74. The molecule has 1 N–H and O–H groups in total. The number of pyridine rings is 1. The summed E-state index contributed by atoms with van der Waals surface area (Å²) in [7, 11) is 0. The average Bonchev–Trinajstić information content (AvgIpc) is 2.53. The molecule has 0 bridgehead atoms. The molecule has 0 saturated heterocycles. The van der Waals surface area contributed by atoms with Crippen LogP contribution in [0.3, 0.4) is 0 Å². The molecule has 0 amide bonds. The van der Waals surface area contributed by atoms with Crippen molar-refractivity contribution in [1.29, 1.82) is 0 Å². The van der Waals surface area contributed by atoms with Crippen molar-refractivity contribution < 1.29 is 0 Å². The lowest BCUT2D eigenvalue weighted by Crippen LogP contribution is -2.03. The van der Waals surface area contributed by atoms with E-state index in [9.17, 15) is 0 Å². The van der Waals surface area contributed by atoms with Gasteiger partial charge in [0.2, 0.25) is 0 Å². The molecule has 0 saturated carbocycles. The van der Waals surface area contributed by atoms with Crippen LogP contribution in [-0.2, 0) is 13.0 Å². The van der Waals surface area contributed by atoms with E-state index in [1.54, 1.807) is 0 Å². The highest BCUT2D eigenvalue weighted by Crippen LogP contribution is 2.21. The van der Waals surface area contributed by atoms with Gasteiger partial charge in [-0.05, 0) is 29.7 Å². The molecule has 3 rings (SSSR count). The topological polar surface area (TPSA) is 24.9 Å². The van der Waals surface area contributed by atoms with E-state index < -0.39 is 0 Å². The van der Waals surface area contributed by atoms with E-state index in [1.807, 2.05) is 12.3 Å². The minimum Gasteiger partial charge on any atom is -0.379 e. The number of hydrogen-bond acceptors (Lipinski definition) is 2. The van der Waals surface area contributed by atoms with Crippen LogP contribution in [-0.4, -0.2) is 4.98 Å². The van der Waals surface area contributed by atoms with Crippen molar-refractivity contribution in [3.05, 3.63) is 71.9 Å². The minimum absolute atomic E-state index is 0.833. The molecule has 0 radical (unpaired) electrons. The number of anilines is 1. The molecule has 0 atom stereocenters. The zero-order valence-corrected chi connectivity index (χ0v) is 11.6. The Labute approximate surface area is 119 Å². The zero-order chi connectivity index (χ0) is 13.8. The highest BCUT2D eigenvalue weighted by Gasteiger charge is 2.03. The van der Waals surface area contributed by atoms with Crippen molar-refractivity contribution in [2.24, 2.45) is 0 Å². The third kappa shape index (κ3) is 2.50.